The molecule has 2 rings (SSSR count). The van der Waals surface area contributed by atoms with Gasteiger partial charge in [0.2, 0.25) is 0 Å². The number of fused-ring (bicyclic) bond motifs is 1. The van der Waals surface area contributed by atoms with Gasteiger partial charge in [0.15, 0.2) is 0 Å². The highest BCUT2D eigenvalue weighted by Crippen LogP contribution is 2.24. The number of methoxy groups -OCH3 is 1. The highest BCUT2D eigenvalue weighted by atomic mass is 16.5. The van der Waals surface area contributed by atoms with Gasteiger partial charge in [-0.15, -0.1) is 0 Å². The van der Waals surface area contributed by atoms with Crippen molar-refractivity contribution in [2.24, 2.45) is 5.73 Å². The van der Waals surface area contributed by atoms with Crippen molar-refractivity contribution in [1.82, 2.24) is 10.2 Å². The summed E-state index contributed by atoms with van der Waals surface area (Å²) in [5, 5.41) is 16.6. The molecule has 0 saturated carbocycles. The largest absolute Gasteiger partial charge is 0.388 e. The molecule has 0 aliphatic rings. The van der Waals surface area contributed by atoms with Gasteiger partial charge in [-0.3, -0.25) is 5.41 Å². The first-order chi connectivity index (χ1) is 9.72. The average Bonchev–Trinajstić information content (AvgIpc) is 2.47. The van der Waals surface area contributed by atoms with Crippen molar-refractivity contribution in [2.75, 3.05) is 31.7 Å². The predicted molar refractivity (Wildman–Crippen MR) is 80.2 cm³/mol. The quantitative estimate of drug-likeness (QED) is 0.588. The molecule has 2 aromatic rings. The Morgan fingerprint density at radius 3 is 2.90 bits per heavy atom. The van der Waals surface area contributed by atoms with E-state index >= 15 is 0 Å². The van der Waals surface area contributed by atoms with Gasteiger partial charge in [-0.1, -0.05) is 18.2 Å². The van der Waals surface area contributed by atoms with E-state index in [4.69, 9.17) is 15.9 Å². The highest BCUT2D eigenvalue weighted by molar-refractivity contribution is 5.91. The molecule has 6 nitrogen and oxygen atoms in total. The van der Waals surface area contributed by atoms with Gasteiger partial charge in [-0.05, 0) is 6.07 Å². The monoisotopic (exact) mass is 273 g/mol. The standard InChI is InChI=1S/C14H19N5O/c1-20-9-8-19(7-6-14(15)16)13-10-17-18-12-5-3-2-4-11(12)13/h2-5,10H,6-9H2,1H3,(H3,15,16). The van der Waals surface area contributed by atoms with Gasteiger partial charge in [-0.25, -0.2) is 0 Å². The second-order valence-corrected chi connectivity index (χ2v) is 4.50. The van der Waals surface area contributed by atoms with Crippen molar-refractivity contribution in [3.05, 3.63) is 30.5 Å². The van der Waals surface area contributed by atoms with E-state index < -0.39 is 0 Å². The molecule has 0 aliphatic heterocycles. The van der Waals surface area contributed by atoms with E-state index in [1.165, 1.54) is 0 Å². The molecule has 0 fully saturated rings. The van der Waals surface area contributed by atoms with Crippen molar-refractivity contribution in [3.8, 4) is 0 Å². The third-order valence-corrected chi connectivity index (χ3v) is 3.08. The molecule has 0 atom stereocenters. The zero-order valence-electron chi connectivity index (χ0n) is 11.5. The lowest BCUT2D eigenvalue weighted by molar-refractivity contribution is 0.205. The number of ether oxygens (including phenoxy) is 1. The lowest BCUT2D eigenvalue weighted by Gasteiger charge is -2.25. The van der Waals surface area contributed by atoms with E-state index in [2.05, 4.69) is 15.1 Å². The second kappa shape index (κ2) is 6.81. The summed E-state index contributed by atoms with van der Waals surface area (Å²) in [5.74, 6) is 0.179. The normalized spacial score (nSPS) is 10.7. The van der Waals surface area contributed by atoms with Crippen molar-refractivity contribution in [3.63, 3.8) is 0 Å². The first-order valence-electron chi connectivity index (χ1n) is 6.49. The van der Waals surface area contributed by atoms with Crippen molar-refractivity contribution in [2.45, 2.75) is 6.42 Å². The average molecular weight is 273 g/mol. The van der Waals surface area contributed by atoms with Crippen LogP contribution in [0, 0.1) is 5.41 Å². The van der Waals surface area contributed by atoms with Crippen LogP contribution in [0.4, 0.5) is 5.69 Å². The number of nitrogens with zero attached hydrogens (tertiary/aromatic N) is 3. The van der Waals surface area contributed by atoms with Crippen molar-refractivity contribution < 1.29 is 4.74 Å². The molecule has 6 heteroatoms. The molecule has 0 bridgehead atoms. The number of anilines is 1. The Balaban J connectivity index is 2.31. The molecule has 20 heavy (non-hydrogen) atoms. The van der Waals surface area contributed by atoms with E-state index in [0.29, 0.717) is 19.6 Å². The fraction of sp³-hybridized carbons (Fsp3) is 0.357. The minimum Gasteiger partial charge on any atom is -0.388 e. The minimum atomic E-state index is 0.179. The van der Waals surface area contributed by atoms with E-state index in [9.17, 15) is 0 Å². The topological polar surface area (TPSA) is 88.1 Å². The Kier molecular flexibility index (Phi) is 4.84. The lowest BCUT2D eigenvalue weighted by Crippen LogP contribution is -2.31. The Bertz CT molecular complexity index is 581. The minimum absolute atomic E-state index is 0.179. The molecule has 0 radical (unpaired) electrons. The highest BCUT2D eigenvalue weighted by Gasteiger charge is 2.11. The van der Waals surface area contributed by atoms with E-state index in [0.717, 1.165) is 23.1 Å². The Labute approximate surface area is 118 Å². The summed E-state index contributed by atoms with van der Waals surface area (Å²) >= 11 is 0. The van der Waals surface area contributed by atoms with Crippen molar-refractivity contribution >= 4 is 22.4 Å². The third-order valence-electron chi connectivity index (χ3n) is 3.08. The maximum Gasteiger partial charge on any atom is 0.0950 e. The molecule has 0 unspecified atom stereocenters. The molecule has 0 spiro atoms. The maximum absolute atomic E-state index is 7.38. The second-order valence-electron chi connectivity index (χ2n) is 4.50. The summed E-state index contributed by atoms with van der Waals surface area (Å²) in [7, 11) is 1.67. The first-order valence-corrected chi connectivity index (χ1v) is 6.49. The molecule has 0 aliphatic carbocycles. The van der Waals surface area contributed by atoms with Crippen LogP contribution in [-0.2, 0) is 4.74 Å². The number of amidine groups is 1. The molecular weight excluding hydrogens is 254 g/mol. The van der Waals surface area contributed by atoms with E-state index in [1.54, 1.807) is 13.3 Å². The van der Waals surface area contributed by atoms with Gasteiger partial charge < -0.3 is 15.4 Å². The van der Waals surface area contributed by atoms with E-state index in [1.807, 2.05) is 24.3 Å². The maximum atomic E-state index is 7.38. The van der Waals surface area contributed by atoms with Gasteiger partial charge in [0, 0.05) is 32.0 Å². The molecule has 1 heterocycles. The van der Waals surface area contributed by atoms with Crippen LogP contribution in [0.5, 0.6) is 0 Å². The number of nitrogens with one attached hydrogen (secondary N) is 1. The molecule has 1 aromatic heterocycles. The van der Waals surface area contributed by atoms with Crippen LogP contribution >= 0.6 is 0 Å². The molecule has 106 valence electrons. The van der Waals surface area contributed by atoms with Gasteiger partial charge in [-0.2, -0.15) is 10.2 Å². The van der Waals surface area contributed by atoms with Crippen LogP contribution in [0.25, 0.3) is 10.9 Å². The lowest BCUT2D eigenvalue weighted by atomic mass is 10.2. The number of hydrogen-bond acceptors (Lipinski definition) is 5. The fourth-order valence-electron chi connectivity index (χ4n) is 2.05. The summed E-state index contributed by atoms with van der Waals surface area (Å²) in [5.41, 5.74) is 7.31. The fourth-order valence-corrected chi connectivity index (χ4v) is 2.05. The van der Waals surface area contributed by atoms with Crippen LogP contribution in [0.3, 0.4) is 0 Å². The smallest absolute Gasteiger partial charge is 0.0950 e. The summed E-state index contributed by atoms with van der Waals surface area (Å²) in [6.45, 7) is 1.99. The van der Waals surface area contributed by atoms with Crippen LogP contribution < -0.4 is 10.6 Å². The Morgan fingerprint density at radius 2 is 2.15 bits per heavy atom. The predicted octanol–water partition coefficient (Wildman–Crippen LogP) is 1.41. The number of aromatic nitrogens is 2. The van der Waals surface area contributed by atoms with Gasteiger partial charge in [0.05, 0.1) is 29.8 Å². The van der Waals surface area contributed by atoms with Crippen LogP contribution in [0.15, 0.2) is 30.5 Å². The number of benzene rings is 1. The molecular formula is C14H19N5O. The van der Waals surface area contributed by atoms with E-state index in [-0.39, 0.29) is 5.84 Å². The van der Waals surface area contributed by atoms with Crippen LogP contribution in [-0.4, -0.2) is 42.8 Å². The van der Waals surface area contributed by atoms with Gasteiger partial charge >= 0.3 is 0 Å². The third kappa shape index (κ3) is 3.42. The molecule has 0 saturated heterocycles. The number of nitrogens with two attached hydrogens (primary N) is 1. The first kappa shape index (κ1) is 14.2. The Hall–Kier alpha value is -2.21. The van der Waals surface area contributed by atoms with Gasteiger partial charge in [0.25, 0.3) is 0 Å². The molecule has 3 N–H and O–H groups in total. The number of hydrogen-bond donors (Lipinski definition) is 2. The number of rotatable bonds is 7. The van der Waals surface area contributed by atoms with Crippen molar-refractivity contribution in [1.29, 1.82) is 5.41 Å². The summed E-state index contributed by atoms with van der Waals surface area (Å²) in [6, 6.07) is 7.88. The summed E-state index contributed by atoms with van der Waals surface area (Å²) < 4.78 is 5.15. The Morgan fingerprint density at radius 1 is 1.35 bits per heavy atom. The zero-order chi connectivity index (χ0) is 14.4. The summed E-state index contributed by atoms with van der Waals surface area (Å²) in [6.07, 6.45) is 2.26. The molecule has 1 aromatic carbocycles. The van der Waals surface area contributed by atoms with Crippen LogP contribution in [0.1, 0.15) is 6.42 Å². The SMILES string of the molecule is COCCN(CCC(=N)N)c1cnnc2ccccc12. The molecule has 0 amide bonds. The van der Waals surface area contributed by atoms with Gasteiger partial charge in [0.1, 0.15) is 0 Å². The zero-order valence-corrected chi connectivity index (χ0v) is 11.5. The summed E-state index contributed by atoms with van der Waals surface area (Å²) in [4.78, 5) is 2.13. The van der Waals surface area contributed by atoms with Crippen LogP contribution in [0.2, 0.25) is 0 Å².